The van der Waals surface area contributed by atoms with Crippen LogP contribution in [0.2, 0.25) is 0 Å². The van der Waals surface area contributed by atoms with E-state index in [1.165, 1.54) is 38.5 Å². The zero-order valence-corrected chi connectivity index (χ0v) is 16.5. The van der Waals surface area contributed by atoms with Gasteiger partial charge in [0, 0.05) is 27.2 Å². The minimum atomic E-state index is 0.824. The summed E-state index contributed by atoms with van der Waals surface area (Å²) in [6, 6.07) is 10.3. The van der Waals surface area contributed by atoms with Crippen molar-refractivity contribution in [2.45, 2.75) is 52.4 Å². The van der Waals surface area contributed by atoms with E-state index in [9.17, 15) is 0 Å². The smallest absolute Gasteiger partial charge is 0.0518 e. The summed E-state index contributed by atoms with van der Waals surface area (Å²) in [7, 11) is 4.25. The summed E-state index contributed by atoms with van der Waals surface area (Å²) in [5.41, 5.74) is 8.03. The molecule has 2 N–H and O–H groups in total. The van der Waals surface area contributed by atoms with E-state index in [1.54, 1.807) is 0 Å². The van der Waals surface area contributed by atoms with E-state index < -0.39 is 0 Å². The molecule has 0 aromatic heterocycles. The van der Waals surface area contributed by atoms with Crippen molar-refractivity contribution in [3.8, 4) is 0 Å². The van der Waals surface area contributed by atoms with Crippen LogP contribution in [-0.2, 0) is 0 Å². The number of hydrogen-bond acceptors (Lipinski definition) is 5. The average Bonchev–Trinajstić information content (AvgIpc) is 2.59. The van der Waals surface area contributed by atoms with Gasteiger partial charge in [-0.1, -0.05) is 50.1 Å². The molecule has 1 aliphatic rings. The van der Waals surface area contributed by atoms with Crippen molar-refractivity contribution in [3.05, 3.63) is 30.3 Å². The summed E-state index contributed by atoms with van der Waals surface area (Å²) < 4.78 is 0. The minimum absolute atomic E-state index is 0.824. The first-order valence-electron chi connectivity index (χ1n) is 9.85. The number of rotatable bonds is 2. The molecule has 1 heterocycles. The van der Waals surface area contributed by atoms with E-state index >= 15 is 0 Å². The van der Waals surface area contributed by atoms with Gasteiger partial charge in [-0.25, -0.2) is 10.0 Å². The van der Waals surface area contributed by atoms with E-state index in [0.717, 1.165) is 30.6 Å². The molecule has 1 saturated heterocycles. The highest BCUT2D eigenvalue weighted by Gasteiger charge is 2.15. The first-order valence-corrected chi connectivity index (χ1v) is 9.85. The fraction of sp³-hybridized carbons (Fsp3) is 0.700. The van der Waals surface area contributed by atoms with Crippen LogP contribution in [0.5, 0.6) is 0 Å². The molecule has 142 valence electrons. The van der Waals surface area contributed by atoms with E-state index in [2.05, 4.69) is 73.2 Å². The normalized spacial score (nSPS) is 26.9. The molecule has 2 unspecified atom stereocenters. The van der Waals surface area contributed by atoms with Gasteiger partial charge in [0.25, 0.3) is 0 Å². The number of nitrogens with zero attached hydrogens (tertiary/aromatic N) is 3. The van der Waals surface area contributed by atoms with Gasteiger partial charge in [0.15, 0.2) is 0 Å². The van der Waals surface area contributed by atoms with Crippen LogP contribution in [0.4, 0.5) is 5.69 Å². The van der Waals surface area contributed by atoms with Gasteiger partial charge in [0.2, 0.25) is 0 Å². The number of benzene rings is 1. The molecule has 0 bridgehead atoms. The number of anilines is 1. The van der Waals surface area contributed by atoms with Crippen molar-refractivity contribution in [3.63, 3.8) is 0 Å². The van der Waals surface area contributed by atoms with Crippen LogP contribution in [-0.4, -0.2) is 42.4 Å². The van der Waals surface area contributed by atoms with Gasteiger partial charge >= 0.3 is 0 Å². The maximum atomic E-state index is 3.48. The molecule has 1 aromatic carbocycles. The predicted octanol–water partition coefficient (Wildman–Crippen LogP) is 4.14. The standard InChI is InChI=1S/C20H37N5/c1-18-10-8-16-23(3)22-25(21-20-12-6-5-7-13-20)24(4)17-9-11-19(2)15-14-18/h5-7,12-13,18-19,21-22H,8-11,14-17H2,1-4H3. The van der Waals surface area contributed by atoms with Gasteiger partial charge in [0.05, 0.1) is 5.69 Å². The van der Waals surface area contributed by atoms with Crippen LogP contribution in [0.1, 0.15) is 52.4 Å². The topological polar surface area (TPSA) is 33.8 Å². The molecule has 0 aliphatic carbocycles. The Labute approximate surface area is 154 Å². The highest BCUT2D eigenvalue weighted by molar-refractivity contribution is 5.41. The maximum absolute atomic E-state index is 3.48. The summed E-state index contributed by atoms with van der Waals surface area (Å²) in [6.45, 7) is 6.88. The van der Waals surface area contributed by atoms with Crippen LogP contribution in [0.3, 0.4) is 0 Å². The molecular weight excluding hydrogens is 310 g/mol. The molecule has 2 atom stereocenters. The third-order valence-electron chi connectivity index (χ3n) is 5.14. The van der Waals surface area contributed by atoms with Crippen molar-refractivity contribution in [1.82, 2.24) is 20.8 Å². The lowest BCUT2D eigenvalue weighted by molar-refractivity contribution is -0.0914. The number of nitrogens with one attached hydrogen (secondary N) is 2. The average molecular weight is 348 g/mol. The van der Waals surface area contributed by atoms with Crippen LogP contribution < -0.4 is 11.0 Å². The SMILES string of the molecule is CC1CCCN(C)NN(Nc2ccccc2)N(C)CCCC(C)CC1. The summed E-state index contributed by atoms with van der Waals surface area (Å²) >= 11 is 0. The summed E-state index contributed by atoms with van der Waals surface area (Å²) in [5.74, 6) is 1.66. The quantitative estimate of drug-likeness (QED) is 0.840. The van der Waals surface area contributed by atoms with Gasteiger partial charge < -0.3 is 0 Å². The van der Waals surface area contributed by atoms with Crippen molar-refractivity contribution < 1.29 is 0 Å². The van der Waals surface area contributed by atoms with Crippen molar-refractivity contribution in [1.29, 1.82) is 0 Å². The number of hydrazine groups is 4. The van der Waals surface area contributed by atoms with Crippen LogP contribution in [0, 0.1) is 11.8 Å². The Morgan fingerprint density at radius 3 is 2.12 bits per heavy atom. The summed E-state index contributed by atoms with van der Waals surface area (Å²) in [6.07, 6.45) is 7.78. The molecule has 1 aliphatic heterocycles. The predicted molar refractivity (Wildman–Crippen MR) is 106 cm³/mol. The minimum Gasteiger partial charge on any atom is -0.290 e. The fourth-order valence-corrected chi connectivity index (χ4v) is 3.34. The lowest BCUT2D eigenvalue weighted by Crippen LogP contribution is -2.58. The molecule has 1 fully saturated rings. The lowest BCUT2D eigenvalue weighted by atomic mass is 9.92. The monoisotopic (exact) mass is 347 g/mol. The third kappa shape index (κ3) is 7.74. The number of hydrogen-bond donors (Lipinski definition) is 2. The molecule has 5 heteroatoms. The highest BCUT2D eigenvalue weighted by Crippen LogP contribution is 2.20. The first kappa shape index (κ1) is 20.2. The summed E-state index contributed by atoms with van der Waals surface area (Å²) in [5, 5.41) is 6.41. The summed E-state index contributed by atoms with van der Waals surface area (Å²) in [4.78, 5) is 0. The van der Waals surface area contributed by atoms with E-state index in [4.69, 9.17) is 0 Å². The Kier molecular flexibility index (Phi) is 8.68. The zero-order valence-electron chi connectivity index (χ0n) is 16.5. The van der Waals surface area contributed by atoms with Gasteiger partial charge in [-0.3, -0.25) is 5.43 Å². The number of para-hydroxylation sites is 1. The molecule has 5 nitrogen and oxygen atoms in total. The fourth-order valence-electron chi connectivity index (χ4n) is 3.34. The molecule has 0 amide bonds. The Balaban J connectivity index is 1.99. The molecule has 0 spiro atoms. The second kappa shape index (κ2) is 10.8. The van der Waals surface area contributed by atoms with E-state index in [-0.39, 0.29) is 0 Å². The molecule has 1 aromatic rings. The van der Waals surface area contributed by atoms with Gasteiger partial charge in [-0.2, -0.15) is 5.53 Å². The third-order valence-corrected chi connectivity index (χ3v) is 5.14. The Bertz CT molecular complexity index is 466. The first-order chi connectivity index (χ1) is 12.0. The Hall–Kier alpha value is -1.14. The van der Waals surface area contributed by atoms with E-state index in [0.29, 0.717) is 0 Å². The van der Waals surface area contributed by atoms with Crippen LogP contribution in [0.15, 0.2) is 30.3 Å². The van der Waals surface area contributed by atoms with Gasteiger partial charge in [0.1, 0.15) is 0 Å². The second-order valence-corrected chi connectivity index (χ2v) is 7.76. The Morgan fingerprint density at radius 2 is 1.48 bits per heavy atom. The second-order valence-electron chi connectivity index (χ2n) is 7.76. The molecule has 2 rings (SSSR count). The van der Waals surface area contributed by atoms with E-state index in [1.807, 2.05) is 11.3 Å². The van der Waals surface area contributed by atoms with Crippen LogP contribution in [0.25, 0.3) is 0 Å². The molecule has 0 saturated carbocycles. The molecule has 0 radical (unpaired) electrons. The van der Waals surface area contributed by atoms with Crippen molar-refractivity contribution >= 4 is 5.69 Å². The Morgan fingerprint density at radius 1 is 0.880 bits per heavy atom. The van der Waals surface area contributed by atoms with Crippen molar-refractivity contribution in [2.75, 3.05) is 32.6 Å². The van der Waals surface area contributed by atoms with Gasteiger partial charge in [-0.05, 0) is 49.7 Å². The zero-order chi connectivity index (χ0) is 18.1. The maximum Gasteiger partial charge on any atom is 0.0518 e. The van der Waals surface area contributed by atoms with Crippen LogP contribution >= 0.6 is 0 Å². The lowest BCUT2D eigenvalue weighted by Gasteiger charge is -2.36. The highest BCUT2D eigenvalue weighted by atomic mass is 16.0. The molecular formula is C20H37N5. The largest absolute Gasteiger partial charge is 0.290 e. The van der Waals surface area contributed by atoms with Crippen molar-refractivity contribution in [2.24, 2.45) is 11.8 Å². The van der Waals surface area contributed by atoms with Gasteiger partial charge in [-0.15, -0.1) is 0 Å². The molecule has 25 heavy (non-hydrogen) atoms.